The summed E-state index contributed by atoms with van der Waals surface area (Å²) in [5.74, 6) is -0.155. The molecule has 5 rings (SSSR count). The van der Waals surface area contributed by atoms with Crippen molar-refractivity contribution in [3.8, 4) is 11.5 Å². The molecule has 5 aromatic rings. The summed E-state index contributed by atoms with van der Waals surface area (Å²) in [5.41, 5.74) is 3.76. The van der Waals surface area contributed by atoms with Crippen LogP contribution in [-0.2, 0) is 6.54 Å². The SMILES string of the molecule is Cc1c(C(=O)c2nnc(-c3cccnc3)o2)c2ccccc2n1Cc1ccc(Cl)cc1Cl. The fraction of sp³-hybridized carbons (Fsp3) is 0.0833. The molecule has 8 heteroatoms. The maximum absolute atomic E-state index is 13.4. The van der Waals surface area contributed by atoms with E-state index in [0.29, 0.717) is 27.7 Å². The highest BCUT2D eigenvalue weighted by Gasteiger charge is 2.25. The quantitative estimate of drug-likeness (QED) is 0.300. The van der Waals surface area contributed by atoms with Crippen LogP contribution in [0.25, 0.3) is 22.4 Å². The third kappa shape index (κ3) is 3.57. The van der Waals surface area contributed by atoms with Crippen LogP contribution in [0, 0.1) is 6.92 Å². The monoisotopic (exact) mass is 462 g/mol. The lowest BCUT2D eigenvalue weighted by Gasteiger charge is -2.10. The van der Waals surface area contributed by atoms with Gasteiger partial charge in [-0.2, -0.15) is 0 Å². The Hall–Kier alpha value is -3.48. The van der Waals surface area contributed by atoms with Crippen molar-refractivity contribution in [3.05, 3.63) is 99.7 Å². The molecule has 158 valence electrons. The predicted octanol–water partition coefficient (Wildman–Crippen LogP) is 5.98. The number of fused-ring (bicyclic) bond motifs is 1. The molecule has 32 heavy (non-hydrogen) atoms. The Morgan fingerprint density at radius 2 is 1.91 bits per heavy atom. The largest absolute Gasteiger partial charge is 0.413 e. The van der Waals surface area contributed by atoms with Gasteiger partial charge >= 0.3 is 0 Å². The highest BCUT2D eigenvalue weighted by Crippen LogP contribution is 2.31. The smallest absolute Gasteiger partial charge is 0.289 e. The molecule has 0 bridgehead atoms. The molecule has 0 fully saturated rings. The van der Waals surface area contributed by atoms with Crippen LogP contribution in [-0.4, -0.2) is 25.5 Å². The van der Waals surface area contributed by atoms with Crippen LogP contribution >= 0.6 is 23.2 Å². The molecule has 3 heterocycles. The van der Waals surface area contributed by atoms with Crippen molar-refractivity contribution in [2.75, 3.05) is 0 Å². The fourth-order valence-electron chi connectivity index (χ4n) is 3.77. The summed E-state index contributed by atoms with van der Waals surface area (Å²) >= 11 is 12.4. The number of hydrogen-bond acceptors (Lipinski definition) is 5. The normalized spacial score (nSPS) is 11.2. The van der Waals surface area contributed by atoms with Crippen LogP contribution in [0.15, 0.2) is 71.4 Å². The van der Waals surface area contributed by atoms with Crippen LogP contribution in [0.3, 0.4) is 0 Å². The van der Waals surface area contributed by atoms with E-state index in [1.54, 1.807) is 36.7 Å². The van der Waals surface area contributed by atoms with E-state index in [-0.39, 0.29) is 17.6 Å². The second-order valence-electron chi connectivity index (χ2n) is 7.28. The first-order valence-corrected chi connectivity index (χ1v) is 10.6. The second-order valence-corrected chi connectivity index (χ2v) is 8.13. The minimum absolute atomic E-state index is 0.0700. The summed E-state index contributed by atoms with van der Waals surface area (Å²) in [6, 6.07) is 16.7. The zero-order chi connectivity index (χ0) is 22.2. The Balaban J connectivity index is 1.58. The van der Waals surface area contributed by atoms with Gasteiger partial charge in [-0.25, -0.2) is 0 Å². The maximum Gasteiger partial charge on any atom is 0.289 e. The van der Waals surface area contributed by atoms with Gasteiger partial charge in [-0.1, -0.05) is 47.5 Å². The Labute approximate surface area is 193 Å². The average Bonchev–Trinajstić information content (AvgIpc) is 3.40. The van der Waals surface area contributed by atoms with Gasteiger partial charge in [0.15, 0.2) is 0 Å². The molecule has 0 atom stereocenters. The standard InChI is InChI=1S/C24H16Cl2N4O2/c1-14-21(22(31)24-29-28-23(32-24)15-5-4-10-27-12-15)18-6-2-3-7-20(18)30(14)13-16-8-9-17(25)11-19(16)26/h2-12H,13H2,1H3. The number of para-hydroxylation sites is 1. The van der Waals surface area contributed by atoms with Crippen molar-refractivity contribution in [2.24, 2.45) is 0 Å². The third-order valence-electron chi connectivity index (χ3n) is 5.33. The first-order chi connectivity index (χ1) is 15.5. The highest BCUT2D eigenvalue weighted by atomic mass is 35.5. The molecule has 0 saturated heterocycles. The minimum atomic E-state index is -0.331. The molecule has 0 aliphatic heterocycles. The lowest BCUT2D eigenvalue weighted by molar-refractivity contribution is 0.100. The average molecular weight is 463 g/mol. The van der Waals surface area contributed by atoms with Gasteiger partial charge in [0.05, 0.1) is 11.1 Å². The number of aromatic nitrogens is 4. The van der Waals surface area contributed by atoms with E-state index in [0.717, 1.165) is 22.2 Å². The van der Waals surface area contributed by atoms with E-state index >= 15 is 0 Å². The molecular formula is C24H16Cl2N4O2. The Bertz CT molecular complexity index is 1460. The van der Waals surface area contributed by atoms with E-state index in [1.165, 1.54) is 0 Å². The zero-order valence-corrected chi connectivity index (χ0v) is 18.4. The predicted molar refractivity (Wildman–Crippen MR) is 123 cm³/mol. The summed E-state index contributed by atoms with van der Waals surface area (Å²) in [4.78, 5) is 17.5. The molecule has 0 N–H and O–H groups in total. The summed E-state index contributed by atoms with van der Waals surface area (Å²) in [7, 11) is 0. The van der Waals surface area contributed by atoms with Crippen molar-refractivity contribution in [3.63, 3.8) is 0 Å². The van der Waals surface area contributed by atoms with Gasteiger partial charge < -0.3 is 8.98 Å². The van der Waals surface area contributed by atoms with E-state index in [4.69, 9.17) is 27.6 Å². The molecule has 0 aliphatic rings. The highest BCUT2D eigenvalue weighted by molar-refractivity contribution is 6.35. The van der Waals surface area contributed by atoms with E-state index in [2.05, 4.69) is 19.7 Å². The van der Waals surface area contributed by atoms with Crippen LogP contribution in [0.4, 0.5) is 0 Å². The van der Waals surface area contributed by atoms with Gasteiger partial charge in [-0.05, 0) is 42.8 Å². The first kappa shape index (κ1) is 20.4. The van der Waals surface area contributed by atoms with E-state index in [9.17, 15) is 4.79 Å². The molecule has 0 amide bonds. The number of carbonyl (C=O) groups excluding carboxylic acids is 1. The summed E-state index contributed by atoms with van der Waals surface area (Å²) < 4.78 is 7.74. The summed E-state index contributed by atoms with van der Waals surface area (Å²) in [5, 5.41) is 9.97. The number of ketones is 1. The topological polar surface area (TPSA) is 73.8 Å². The Kier molecular flexibility index (Phi) is 5.25. The van der Waals surface area contributed by atoms with Gasteiger partial charge in [0.1, 0.15) is 0 Å². The van der Waals surface area contributed by atoms with Gasteiger partial charge in [-0.3, -0.25) is 9.78 Å². The number of pyridine rings is 1. The van der Waals surface area contributed by atoms with Gasteiger partial charge in [0, 0.05) is 45.6 Å². The molecule has 0 saturated carbocycles. The summed E-state index contributed by atoms with van der Waals surface area (Å²) in [6.07, 6.45) is 3.26. The van der Waals surface area contributed by atoms with Crippen LogP contribution in [0.1, 0.15) is 27.5 Å². The number of hydrogen-bond donors (Lipinski definition) is 0. The number of rotatable bonds is 5. The number of halogens is 2. The van der Waals surface area contributed by atoms with Crippen LogP contribution in [0.2, 0.25) is 10.0 Å². The van der Waals surface area contributed by atoms with Crippen molar-refractivity contribution in [1.29, 1.82) is 0 Å². The zero-order valence-electron chi connectivity index (χ0n) is 16.9. The van der Waals surface area contributed by atoms with Crippen molar-refractivity contribution < 1.29 is 9.21 Å². The third-order valence-corrected chi connectivity index (χ3v) is 5.92. The van der Waals surface area contributed by atoms with Gasteiger partial charge in [0.2, 0.25) is 5.89 Å². The van der Waals surface area contributed by atoms with Crippen LogP contribution in [0.5, 0.6) is 0 Å². The second kappa shape index (κ2) is 8.22. The van der Waals surface area contributed by atoms with Gasteiger partial charge in [0.25, 0.3) is 11.7 Å². The molecule has 0 unspecified atom stereocenters. The molecule has 2 aromatic carbocycles. The molecule has 3 aromatic heterocycles. The molecule has 6 nitrogen and oxygen atoms in total. The Morgan fingerprint density at radius 1 is 1.06 bits per heavy atom. The Morgan fingerprint density at radius 3 is 2.69 bits per heavy atom. The van der Waals surface area contributed by atoms with Crippen molar-refractivity contribution in [1.82, 2.24) is 19.7 Å². The van der Waals surface area contributed by atoms with Crippen molar-refractivity contribution in [2.45, 2.75) is 13.5 Å². The lowest BCUT2D eigenvalue weighted by Crippen LogP contribution is -2.07. The number of carbonyl (C=O) groups is 1. The van der Waals surface area contributed by atoms with Gasteiger partial charge in [-0.15, -0.1) is 10.2 Å². The van der Waals surface area contributed by atoms with Crippen LogP contribution < -0.4 is 0 Å². The molecular weight excluding hydrogens is 447 g/mol. The maximum atomic E-state index is 13.4. The van der Waals surface area contributed by atoms with E-state index < -0.39 is 0 Å². The minimum Gasteiger partial charge on any atom is -0.413 e. The lowest BCUT2D eigenvalue weighted by atomic mass is 10.1. The number of nitrogens with zero attached hydrogens (tertiary/aromatic N) is 4. The summed E-state index contributed by atoms with van der Waals surface area (Å²) in [6.45, 7) is 2.38. The number of benzene rings is 2. The molecule has 0 aliphatic carbocycles. The fourth-order valence-corrected chi connectivity index (χ4v) is 4.24. The first-order valence-electron chi connectivity index (χ1n) is 9.83. The molecule has 0 spiro atoms. The van der Waals surface area contributed by atoms with E-state index in [1.807, 2.05) is 37.3 Å². The molecule has 0 radical (unpaired) electrons. The van der Waals surface area contributed by atoms with Crippen molar-refractivity contribution >= 4 is 39.9 Å².